The van der Waals surface area contributed by atoms with Gasteiger partial charge in [0.1, 0.15) is 0 Å². The van der Waals surface area contributed by atoms with Crippen LogP contribution in [0.25, 0.3) is 0 Å². The Hall–Kier alpha value is -0.560. The third-order valence-corrected chi connectivity index (χ3v) is 2.00. The second-order valence-electron chi connectivity index (χ2n) is 2.17. The first-order chi connectivity index (χ1) is 5.23. The molecule has 0 saturated carbocycles. The first-order valence-corrected chi connectivity index (χ1v) is 4.55. The van der Waals surface area contributed by atoms with Gasteiger partial charge in [0.05, 0.1) is 0 Å². The van der Waals surface area contributed by atoms with E-state index in [0.717, 1.165) is 0 Å². The molecule has 0 atom stereocenters. The van der Waals surface area contributed by atoms with Crippen molar-refractivity contribution in [2.24, 2.45) is 0 Å². The van der Waals surface area contributed by atoms with Crippen LogP contribution in [0.15, 0.2) is 0 Å². The molecule has 72 valence electrons. The van der Waals surface area contributed by atoms with E-state index in [4.69, 9.17) is 4.55 Å². The third-order valence-electron chi connectivity index (χ3n) is 1.13. The Bertz CT molecular complexity index is 269. The van der Waals surface area contributed by atoms with Gasteiger partial charge in [0.15, 0.2) is 0 Å². The van der Waals surface area contributed by atoms with Crippen LogP contribution < -0.4 is 0 Å². The van der Waals surface area contributed by atoms with Crippen LogP contribution in [0.5, 0.6) is 0 Å². The molecule has 0 rings (SSSR count). The quantitative estimate of drug-likeness (QED) is 0.685. The molecule has 0 aliphatic rings. The lowest BCUT2D eigenvalue weighted by Crippen LogP contribution is -2.37. The third kappa shape index (κ3) is 2.21. The molecule has 0 aliphatic carbocycles. The van der Waals surface area contributed by atoms with Crippen molar-refractivity contribution in [3.05, 3.63) is 0 Å². The number of hydrogen-bond donors (Lipinski definition) is 1. The molecule has 0 aromatic rings. The summed E-state index contributed by atoms with van der Waals surface area (Å²) in [5.74, 6) is -1.78. The standard InChI is InChI=1S/C5H8F2O4S/c1-2-3-4(8)5(6,7)12(9,10)11/h2-3H2,1H3,(H,9,10,11). The highest BCUT2D eigenvalue weighted by Crippen LogP contribution is 2.23. The maximum absolute atomic E-state index is 12.3. The van der Waals surface area contributed by atoms with Crippen LogP contribution in [0.4, 0.5) is 8.78 Å². The molecular weight excluding hydrogens is 194 g/mol. The maximum atomic E-state index is 12.3. The zero-order valence-corrected chi connectivity index (χ0v) is 7.07. The van der Waals surface area contributed by atoms with Gasteiger partial charge in [-0.25, -0.2) is 0 Å². The summed E-state index contributed by atoms with van der Waals surface area (Å²) in [4.78, 5) is 10.4. The normalized spacial score (nSPS) is 13.0. The fourth-order valence-electron chi connectivity index (χ4n) is 0.516. The van der Waals surface area contributed by atoms with Crippen molar-refractivity contribution < 1.29 is 26.5 Å². The number of ketones is 1. The van der Waals surface area contributed by atoms with Crippen LogP contribution in [0, 0.1) is 0 Å². The van der Waals surface area contributed by atoms with E-state index >= 15 is 0 Å². The predicted octanol–water partition coefficient (Wildman–Crippen LogP) is 0.836. The van der Waals surface area contributed by atoms with Gasteiger partial charge in [-0.2, -0.15) is 17.2 Å². The Balaban J connectivity index is 4.75. The molecule has 12 heavy (non-hydrogen) atoms. The lowest BCUT2D eigenvalue weighted by Gasteiger charge is -2.09. The number of carbonyl (C=O) groups is 1. The number of rotatable bonds is 4. The molecule has 0 bridgehead atoms. The van der Waals surface area contributed by atoms with E-state index in [1.165, 1.54) is 6.92 Å². The fraction of sp³-hybridized carbons (Fsp3) is 0.800. The molecular formula is C5H8F2O4S. The molecule has 0 fully saturated rings. The van der Waals surface area contributed by atoms with Crippen molar-refractivity contribution in [1.82, 2.24) is 0 Å². The van der Waals surface area contributed by atoms with Gasteiger partial charge in [0, 0.05) is 6.42 Å². The zero-order valence-electron chi connectivity index (χ0n) is 6.25. The predicted molar refractivity (Wildman–Crippen MR) is 36.4 cm³/mol. The SMILES string of the molecule is CCCC(=O)C(F)(F)S(=O)(=O)O. The molecule has 0 amide bonds. The van der Waals surface area contributed by atoms with Crippen LogP contribution >= 0.6 is 0 Å². The molecule has 0 unspecified atom stereocenters. The summed E-state index contributed by atoms with van der Waals surface area (Å²) in [7, 11) is -5.61. The number of hydrogen-bond acceptors (Lipinski definition) is 3. The monoisotopic (exact) mass is 202 g/mol. The van der Waals surface area contributed by atoms with Crippen molar-refractivity contribution in [2.75, 3.05) is 0 Å². The summed E-state index contributed by atoms with van der Waals surface area (Å²) >= 11 is 0. The van der Waals surface area contributed by atoms with Gasteiger partial charge in [-0.3, -0.25) is 9.35 Å². The average Bonchev–Trinajstić information content (AvgIpc) is 1.85. The summed E-state index contributed by atoms with van der Waals surface area (Å²) in [6, 6.07) is 0. The lowest BCUT2D eigenvalue weighted by atomic mass is 10.2. The Morgan fingerprint density at radius 2 is 1.92 bits per heavy atom. The van der Waals surface area contributed by atoms with Gasteiger partial charge < -0.3 is 0 Å². The number of halogens is 2. The lowest BCUT2D eigenvalue weighted by molar-refractivity contribution is -0.133. The Labute approximate surface area is 68.3 Å². The minimum Gasteiger partial charge on any atom is -0.292 e. The second-order valence-corrected chi connectivity index (χ2v) is 3.63. The van der Waals surface area contributed by atoms with Crippen LogP contribution in [-0.4, -0.2) is 24.0 Å². The van der Waals surface area contributed by atoms with Crippen molar-refractivity contribution in [3.63, 3.8) is 0 Å². The molecule has 0 aromatic heterocycles. The number of carbonyl (C=O) groups excluding carboxylic acids is 1. The maximum Gasteiger partial charge on any atom is 0.426 e. The van der Waals surface area contributed by atoms with E-state index < -0.39 is 27.6 Å². The average molecular weight is 202 g/mol. The zero-order chi connectivity index (χ0) is 9.99. The van der Waals surface area contributed by atoms with Crippen molar-refractivity contribution in [2.45, 2.75) is 25.0 Å². The van der Waals surface area contributed by atoms with Gasteiger partial charge in [0.2, 0.25) is 5.78 Å². The van der Waals surface area contributed by atoms with E-state index in [2.05, 4.69) is 0 Å². The van der Waals surface area contributed by atoms with E-state index in [1.54, 1.807) is 0 Å². The van der Waals surface area contributed by atoms with Gasteiger partial charge in [0.25, 0.3) is 0 Å². The summed E-state index contributed by atoms with van der Waals surface area (Å²) < 4.78 is 52.5. The molecule has 0 heterocycles. The van der Waals surface area contributed by atoms with Gasteiger partial charge in [-0.15, -0.1) is 0 Å². The second kappa shape index (κ2) is 3.44. The summed E-state index contributed by atoms with van der Waals surface area (Å²) in [6.45, 7) is 1.44. The molecule has 0 saturated heterocycles. The smallest absolute Gasteiger partial charge is 0.292 e. The van der Waals surface area contributed by atoms with E-state index in [0.29, 0.717) is 0 Å². The van der Waals surface area contributed by atoms with Crippen molar-refractivity contribution in [1.29, 1.82) is 0 Å². The number of Topliss-reactive ketones (excluding diaryl/α,β-unsaturated/α-hetero) is 1. The summed E-state index contributed by atoms with van der Waals surface area (Å²) in [5, 5.41) is -4.66. The fourth-order valence-corrected chi connectivity index (χ4v) is 0.906. The Morgan fingerprint density at radius 1 is 1.50 bits per heavy atom. The van der Waals surface area contributed by atoms with Gasteiger partial charge in [-0.1, -0.05) is 6.92 Å². The summed E-state index contributed by atoms with van der Waals surface area (Å²) in [6.07, 6.45) is -0.475. The Morgan fingerprint density at radius 3 is 2.17 bits per heavy atom. The van der Waals surface area contributed by atoms with E-state index in [1.807, 2.05) is 0 Å². The van der Waals surface area contributed by atoms with Crippen LogP contribution in [0.3, 0.4) is 0 Å². The Kier molecular flexibility index (Phi) is 3.28. The first-order valence-electron chi connectivity index (χ1n) is 3.11. The van der Waals surface area contributed by atoms with E-state index in [9.17, 15) is 22.0 Å². The number of alkyl halides is 2. The van der Waals surface area contributed by atoms with Crippen LogP contribution in [0.1, 0.15) is 19.8 Å². The van der Waals surface area contributed by atoms with Crippen molar-refractivity contribution >= 4 is 15.9 Å². The largest absolute Gasteiger partial charge is 0.426 e. The van der Waals surface area contributed by atoms with Crippen molar-refractivity contribution in [3.8, 4) is 0 Å². The molecule has 0 aliphatic heterocycles. The van der Waals surface area contributed by atoms with E-state index in [-0.39, 0.29) is 6.42 Å². The van der Waals surface area contributed by atoms with Gasteiger partial charge in [-0.05, 0) is 6.42 Å². The minimum atomic E-state index is -5.61. The molecule has 4 nitrogen and oxygen atoms in total. The minimum absolute atomic E-state index is 0.101. The van der Waals surface area contributed by atoms with Gasteiger partial charge >= 0.3 is 15.4 Å². The molecule has 0 spiro atoms. The van der Waals surface area contributed by atoms with Crippen LogP contribution in [0.2, 0.25) is 0 Å². The first kappa shape index (κ1) is 11.4. The highest BCUT2D eigenvalue weighted by Gasteiger charge is 2.50. The summed E-state index contributed by atoms with van der Waals surface area (Å²) in [5.41, 5.74) is 0. The highest BCUT2D eigenvalue weighted by atomic mass is 32.2. The van der Waals surface area contributed by atoms with Crippen LogP contribution in [-0.2, 0) is 14.9 Å². The molecule has 1 N–H and O–H groups in total. The molecule has 0 aromatic carbocycles. The molecule has 7 heteroatoms. The molecule has 0 radical (unpaired) electrons. The highest BCUT2D eigenvalue weighted by molar-refractivity contribution is 7.87. The topological polar surface area (TPSA) is 71.4 Å².